The van der Waals surface area contributed by atoms with Gasteiger partial charge in [0.1, 0.15) is 5.01 Å². The van der Waals surface area contributed by atoms with Crippen LogP contribution in [0.2, 0.25) is 4.47 Å². The fraction of sp³-hybridized carbons (Fsp3) is 0.714. The summed E-state index contributed by atoms with van der Waals surface area (Å²) in [6.07, 6.45) is 0. The Labute approximate surface area is 90.5 Å². The second-order valence-corrected chi connectivity index (χ2v) is 5.43. The SMILES string of the molecule is CC(CO)CSCc1nnc(Cl)s1. The molecule has 0 radical (unpaired) electrons. The quantitative estimate of drug-likeness (QED) is 0.853. The van der Waals surface area contributed by atoms with Crippen LogP contribution in [0.25, 0.3) is 0 Å². The van der Waals surface area contributed by atoms with Crippen LogP contribution in [0.5, 0.6) is 0 Å². The fourth-order valence-corrected chi connectivity index (χ4v) is 2.70. The molecule has 1 rings (SSSR count). The summed E-state index contributed by atoms with van der Waals surface area (Å²) in [4.78, 5) is 0. The molecule has 1 heterocycles. The van der Waals surface area contributed by atoms with Crippen LogP contribution in [0.4, 0.5) is 0 Å². The van der Waals surface area contributed by atoms with Crippen molar-refractivity contribution in [2.45, 2.75) is 12.7 Å². The predicted molar refractivity (Wildman–Crippen MR) is 57.3 cm³/mol. The Bertz CT molecular complexity index is 256. The summed E-state index contributed by atoms with van der Waals surface area (Å²) in [5.41, 5.74) is 0. The summed E-state index contributed by atoms with van der Waals surface area (Å²) in [5.74, 6) is 2.11. The van der Waals surface area contributed by atoms with Gasteiger partial charge < -0.3 is 5.11 Å². The normalized spacial score (nSPS) is 13.2. The van der Waals surface area contributed by atoms with Gasteiger partial charge >= 0.3 is 0 Å². The number of rotatable bonds is 5. The molecule has 3 nitrogen and oxygen atoms in total. The van der Waals surface area contributed by atoms with Crippen LogP contribution >= 0.6 is 34.7 Å². The second kappa shape index (κ2) is 5.80. The highest BCUT2D eigenvalue weighted by atomic mass is 35.5. The molecule has 0 saturated heterocycles. The van der Waals surface area contributed by atoms with E-state index in [9.17, 15) is 0 Å². The minimum absolute atomic E-state index is 0.240. The van der Waals surface area contributed by atoms with Crippen LogP contribution in [-0.2, 0) is 5.75 Å². The predicted octanol–water partition coefficient (Wildman–Crippen LogP) is 2.05. The number of thioether (sulfide) groups is 1. The highest BCUT2D eigenvalue weighted by Gasteiger charge is 2.04. The third kappa shape index (κ3) is 4.26. The molecule has 0 aliphatic heterocycles. The van der Waals surface area contributed by atoms with Gasteiger partial charge in [-0.25, -0.2) is 0 Å². The van der Waals surface area contributed by atoms with Gasteiger partial charge in [-0.05, 0) is 23.3 Å². The third-order valence-electron chi connectivity index (χ3n) is 1.38. The summed E-state index contributed by atoms with van der Waals surface area (Å²) >= 11 is 8.77. The van der Waals surface area contributed by atoms with Crippen LogP contribution in [0, 0.1) is 5.92 Å². The van der Waals surface area contributed by atoms with E-state index in [4.69, 9.17) is 16.7 Å². The molecule has 0 spiro atoms. The topological polar surface area (TPSA) is 46.0 Å². The second-order valence-electron chi connectivity index (χ2n) is 2.75. The van der Waals surface area contributed by atoms with Gasteiger partial charge in [-0.15, -0.1) is 10.2 Å². The van der Waals surface area contributed by atoms with Crippen LogP contribution in [0.3, 0.4) is 0 Å². The molecule has 1 N–H and O–H groups in total. The van der Waals surface area contributed by atoms with E-state index >= 15 is 0 Å². The molecular formula is C7H11ClN2OS2. The van der Waals surface area contributed by atoms with Crippen LogP contribution in [-0.4, -0.2) is 27.7 Å². The molecule has 0 saturated carbocycles. The molecule has 0 amide bonds. The summed E-state index contributed by atoms with van der Waals surface area (Å²) in [6.45, 7) is 2.25. The van der Waals surface area contributed by atoms with Crippen molar-refractivity contribution in [2.75, 3.05) is 12.4 Å². The van der Waals surface area contributed by atoms with Gasteiger partial charge in [0, 0.05) is 12.4 Å². The number of aromatic nitrogens is 2. The Balaban J connectivity index is 2.20. The van der Waals surface area contributed by atoms with Crippen LogP contribution in [0.15, 0.2) is 0 Å². The zero-order valence-electron chi connectivity index (χ0n) is 7.23. The molecule has 0 aliphatic rings. The minimum Gasteiger partial charge on any atom is -0.396 e. The Morgan fingerprint density at radius 1 is 1.62 bits per heavy atom. The van der Waals surface area contributed by atoms with Crippen LogP contribution in [0.1, 0.15) is 11.9 Å². The van der Waals surface area contributed by atoms with Gasteiger partial charge in [0.15, 0.2) is 0 Å². The molecule has 0 aromatic carbocycles. The lowest BCUT2D eigenvalue weighted by molar-refractivity contribution is 0.250. The molecule has 74 valence electrons. The molecule has 1 aromatic heterocycles. The van der Waals surface area contributed by atoms with E-state index < -0.39 is 0 Å². The van der Waals surface area contributed by atoms with E-state index in [0.717, 1.165) is 16.5 Å². The smallest absolute Gasteiger partial charge is 0.207 e. The molecule has 0 aliphatic carbocycles. The van der Waals surface area contributed by atoms with Crippen molar-refractivity contribution >= 4 is 34.7 Å². The Morgan fingerprint density at radius 2 is 2.38 bits per heavy atom. The number of halogens is 1. The first-order valence-corrected chi connectivity index (χ1v) is 6.23. The van der Waals surface area contributed by atoms with E-state index in [1.165, 1.54) is 11.3 Å². The van der Waals surface area contributed by atoms with Gasteiger partial charge in [-0.3, -0.25) is 0 Å². The zero-order chi connectivity index (χ0) is 9.68. The van der Waals surface area contributed by atoms with Crippen LogP contribution < -0.4 is 0 Å². The first-order chi connectivity index (χ1) is 6.22. The lowest BCUT2D eigenvalue weighted by Crippen LogP contribution is -2.03. The first-order valence-electron chi connectivity index (χ1n) is 3.89. The maximum absolute atomic E-state index is 8.78. The zero-order valence-corrected chi connectivity index (χ0v) is 9.62. The van der Waals surface area contributed by atoms with Crippen molar-refractivity contribution in [3.8, 4) is 0 Å². The van der Waals surface area contributed by atoms with Crippen molar-refractivity contribution < 1.29 is 5.11 Å². The number of aliphatic hydroxyl groups is 1. The lowest BCUT2D eigenvalue weighted by atomic mass is 10.2. The average molecular weight is 239 g/mol. The van der Waals surface area contributed by atoms with Gasteiger partial charge in [0.2, 0.25) is 4.47 Å². The van der Waals surface area contributed by atoms with E-state index in [0.29, 0.717) is 10.4 Å². The fourth-order valence-electron chi connectivity index (χ4n) is 0.692. The van der Waals surface area contributed by atoms with E-state index in [1.54, 1.807) is 11.8 Å². The first kappa shape index (κ1) is 11.2. The van der Waals surface area contributed by atoms with E-state index in [-0.39, 0.29) is 6.61 Å². The molecule has 0 fully saturated rings. The van der Waals surface area contributed by atoms with Crippen molar-refractivity contribution in [3.05, 3.63) is 9.47 Å². The van der Waals surface area contributed by atoms with Crippen molar-refractivity contribution in [1.29, 1.82) is 0 Å². The van der Waals surface area contributed by atoms with Gasteiger partial charge in [-0.1, -0.05) is 18.3 Å². The van der Waals surface area contributed by atoms with Crippen molar-refractivity contribution in [3.63, 3.8) is 0 Å². The van der Waals surface area contributed by atoms with E-state index in [1.807, 2.05) is 6.92 Å². The Morgan fingerprint density at radius 3 is 2.92 bits per heavy atom. The average Bonchev–Trinajstić information content (AvgIpc) is 2.51. The number of hydrogen-bond acceptors (Lipinski definition) is 5. The maximum atomic E-state index is 8.78. The van der Waals surface area contributed by atoms with E-state index in [2.05, 4.69) is 10.2 Å². The molecule has 6 heteroatoms. The van der Waals surface area contributed by atoms with Crippen molar-refractivity contribution in [1.82, 2.24) is 10.2 Å². The van der Waals surface area contributed by atoms with Gasteiger partial charge in [0.05, 0.1) is 0 Å². The third-order valence-corrected chi connectivity index (χ3v) is 3.87. The lowest BCUT2D eigenvalue weighted by Gasteiger charge is -2.04. The standard InChI is InChI=1S/C7H11ClN2OS2/c1-5(2-11)3-12-4-6-9-10-7(8)13-6/h5,11H,2-4H2,1H3. The highest BCUT2D eigenvalue weighted by Crippen LogP contribution is 2.20. The Hall–Kier alpha value is 0.160. The summed E-state index contributed by atoms with van der Waals surface area (Å²) < 4.78 is 0.491. The van der Waals surface area contributed by atoms with Gasteiger partial charge in [-0.2, -0.15) is 11.8 Å². The molecule has 1 unspecified atom stereocenters. The maximum Gasteiger partial charge on any atom is 0.207 e. The minimum atomic E-state index is 0.240. The molecular weight excluding hydrogens is 228 g/mol. The molecule has 13 heavy (non-hydrogen) atoms. The number of hydrogen-bond donors (Lipinski definition) is 1. The monoisotopic (exact) mass is 238 g/mol. The number of aliphatic hydroxyl groups excluding tert-OH is 1. The van der Waals surface area contributed by atoms with Gasteiger partial charge in [0.25, 0.3) is 0 Å². The largest absolute Gasteiger partial charge is 0.396 e. The summed E-state index contributed by atoms with van der Waals surface area (Å²) in [5, 5.41) is 17.3. The number of nitrogens with zero attached hydrogens (tertiary/aromatic N) is 2. The molecule has 0 bridgehead atoms. The summed E-state index contributed by atoms with van der Waals surface area (Å²) in [7, 11) is 0. The summed E-state index contributed by atoms with van der Waals surface area (Å²) in [6, 6.07) is 0. The molecule has 1 atom stereocenters. The highest BCUT2D eigenvalue weighted by molar-refractivity contribution is 7.98. The molecule has 1 aromatic rings. The van der Waals surface area contributed by atoms with Crippen molar-refractivity contribution in [2.24, 2.45) is 5.92 Å². The Kier molecular flexibility index (Phi) is 5.01.